The van der Waals surface area contributed by atoms with E-state index in [4.69, 9.17) is 9.47 Å². The highest BCUT2D eigenvalue weighted by molar-refractivity contribution is 5.71. The first-order valence-electron chi connectivity index (χ1n) is 6.98. The smallest absolute Gasteiger partial charge is 0.306 e. The maximum atomic E-state index is 11.5. The monoisotopic (exact) mass is 256 g/mol. The van der Waals surface area contributed by atoms with Crippen molar-refractivity contribution in [2.75, 3.05) is 13.2 Å². The molecular formula is C14H24O4. The standard InChI is InChI=1S/C14H24O4/c1-3-17-13(15)9-11-7-5-6-8-12(11)10-14(16)18-4-2/h11-12H,3-10H2,1-2H3. The quantitative estimate of drug-likeness (QED) is 0.686. The Morgan fingerprint density at radius 3 is 1.61 bits per heavy atom. The average molecular weight is 256 g/mol. The number of hydrogen-bond acceptors (Lipinski definition) is 4. The third kappa shape index (κ3) is 5.07. The van der Waals surface area contributed by atoms with Gasteiger partial charge in [-0.15, -0.1) is 0 Å². The molecule has 0 aromatic rings. The molecule has 1 aliphatic carbocycles. The second-order valence-corrected chi connectivity index (χ2v) is 4.82. The summed E-state index contributed by atoms with van der Waals surface area (Å²) in [7, 11) is 0. The van der Waals surface area contributed by atoms with Gasteiger partial charge in [-0.1, -0.05) is 12.8 Å². The molecule has 1 aliphatic rings. The fourth-order valence-electron chi connectivity index (χ4n) is 2.69. The Hall–Kier alpha value is -1.06. The summed E-state index contributed by atoms with van der Waals surface area (Å²) >= 11 is 0. The van der Waals surface area contributed by atoms with Gasteiger partial charge in [-0.2, -0.15) is 0 Å². The molecule has 0 heterocycles. The first kappa shape index (κ1) is 15.0. The summed E-state index contributed by atoms with van der Waals surface area (Å²) in [6.45, 7) is 4.48. The lowest BCUT2D eigenvalue weighted by molar-refractivity contribution is -0.148. The van der Waals surface area contributed by atoms with Gasteiger partial charge in [-0.25, -0.2) is 0 Å². The van der Waals surface area contributed by atoms with Crippen molar-refractivity contribution in [1.29, 1.82) is 0 Å². The van der Waals surface area contributed by atoms with Gasteiger partial charge in [0.1, 0.15) is 0 Å². The lowest BCUT2D eigenvalue weighted by Gasteiger charge is -2.30. The van der Waals surface area contributed by atoms with E-state index in [0.717, 1.165) is 25.7 Å². The van der Waals surface area contributed by atoms with Crippen molar-refractivity contribution >= 4 is 11.9 Å². The van der Waals surface area contributed by atoms with Crippen molar-refractivity contribution in [3.05, 3.63) is 0 Å². The van der Waals surface area contributed by atoms with E-state index in [0.29, 0.717) is 26.1 Å². The summed E-state index contributed by atoms with van der Waals surface area (Å²) in [4.78, 5) is 23.1. The molecule has 0 aliphatic heterocycles. The average Bonchev–Trinajstić information content (AvgIpc) is 2.32. The van der Waals surface area contributed by atoms with Crippen LogP contribution in [0.15, 0.2) is 0 Å². The van der Waals surface area contributed by atoms with Crippen LogP contribution in [0, 0.1) is 11.8 Å². The van der Waals surface area contributed by atoms with E-state index in [1.54, 1.807) is 0 Å². The fourth-order valence-corrected chi connectivity index (χ4v) is 2.69. The van der Waals surface area contributed by atoms with Gasteiger partial charge in [0.2, 0.25) is 0 Å². The van der Waals surface area contributed by atoms with Crippen LogP contribution in [-0.2, 0) is 19.1 Å². The largest absolute Gasteiger partial charge is 0.466 e. The molecule has 0 spiro atoms. The summed E-state index contributed by atoms with van der Waals surface area (Å²) in [5, 5.41) is 0. The predicted molar refractivity (Wildman–Crippen MR) is 67.9 cm³/mol. The van der Waals surface area contributed by atoms with Crippen LogP contribution in [0.3, 0.4) is 0 Å². The molecule has 0 radical (unpaired) electrons. The van der Waals surface area contributed by atoms with Crippen LogP contribution in [0.2, 0.25) is 0 Å². The number of hydrogen-bond donors (Lipinski definition) is 0. The van der Waals surface area contributed by atoms with Gasteiger partial charge in [0.25, 0.3) is 0 Å². The molecule has 104 valence electrons. The summed E-state index contributed by atoms with van der Waals surface area (Å²) in [6, 6.07) is 0. The molecule has 2 atom stereocenters. The van der Waals surface area contributed by atoms with E-state index < -0.39 is 0 Å². The third-order valence-electron chi connectivity index (χ3n) is 3.53. The topological polar surface area (TPSA) is 52.6 Å². The van der Waals surface area contributed by atoms with Gasteiger partial charge in [0.15, 0.2) is 0 Å². The van der Waals surface area contributed by atoms with Crippen LogP contribution >= 0.6 is 0 Å². The molecule has 1 fully saturated rings. The molecule has 4 heteroatoms. The van der Waals surface area contributed by atoms with E-state index in [-0.39, 0.29) is 23.8 Å². The van der Waals surface area contributed by atoms with Crippen molar-refractivity contribution in [3.8, 4) is 0 Å². The summed E-state index contributed by atoms with van der Waals surface area (Å²) in [5.74, 6) is 0.279. The van der Waals surface area contributed by atoms with E-state index >= 15 is 0 Å². The molecule has 0 N–H and O–H groups in total. The summed E-state index contributed by atoms with van der Waals surface area (Å²) < 4.78 is 9.98. The van der Waals surface area contributed by atoms with Crippen molar-refractivity contribution in [1.82, 2.24) is 0 Å². The molecule has 18 heavy (non-hydrogen) atoms. The lowest BCUT2D eigenvalue weighted by Crippen LogP contribution is -2.26. The molecule has 0 aromatic heterocycles. The van der Waals surface area contributed by atoms with E-state index in [9.17, 15) is 9.59 Å². The first-order valence-corrected chi connectivity index (χ1v) is 6.98. The van der Waals surface area contributed by atoms with Crippen LogP contribution in [0.25, 0.3) is 0 Å². The molecule has 0 saturated heterocycles. The Balaban J connectivity index is 2.46. The van der Waals surface area contributed by atoms with Crippen LogP contribution in [-0.4, -0.2) is 25.2 Å². The Bertz CT molecular complexity index is 247. The molecule has 1 rings (SSSR count). The molecule has 1 saturated carbocycles. The van der Waals surface area contributed by atoms with Crippen LogP contribution in [0.4, 0.5) is 0 Å². The first-order chi connectivity index (χ1) is 8.67. The minimum Gasteiger partial charge on any atom is -0.466 e. The SMILES string of the molecule is CCOC(=O)CC1CCCCC1CC(=O)OCC. The second kappa shape index (κ2) is 8.11. The normalized spacial score (nSPS) is 23.4. The Morgan fingerprint density at radius 1 is 0.889 bits per heavy atom. The molecule has 4 nitrogen and oxygen atoms in total. The second-order valence-electron chi connectivity index (χ2n) is 4.82. The fraction of sp³-hybridized carbons (Fsp3) is 0.857. The Labute approximate surface area is 109 Å². The minimum atomic E-state index is -0.141. The molecule has 0 bridgehead atoms. The summed E-state index contributed by atoms with van der Waals surface area (Å²) in [5.41, 5.74) is 0. The van der Waals surface area contributed by atoms with Gasteiger partial charge in [0.05, 0.1) is 13.2 Å². The van der Waals surface area contributed by atoms with Gasteiger partial charge in [-0.3, -0.25) is 9.59 Å². The Morgan fingerprint density at radius 2 is 1.28 bits per heavy atom. The third-order valence-corrected chi connectivity index (χ3v) is 3.53. The van der Waals surface area contributed by atoms with Gasteiger partial charge < -0.3 is 9.47 Å². The van der Waals surface area contributed by atoms with Crippen molar-refractivity contribution in [2.24, 2.45) is 11.8 Å². The van der Waals surface area contributed by atoms with Crippen LogP contribution in [0.1, 0.15) is 52.4 Å². The molecule has 0 aromatic carbocycles. The highest BCUT2D eigenvalue weighted by Crippen LogP contribution is 2.35. The number of carbonyl (C=O) groups is 2. The highest BCUT2D eigenvalue weighted by Gasteiger charge is 2.29. The van der Waals surface area contributed by atoms with Crippen molar-refractivity contribution < 1.29 is 19.1 Å². The maximum Gasteiger partial charge on any atom is 0.306 e. The number of ether oxygens (including phenoxy) is 2. The zero-order valence-electron chi connectivity index (χ0n) is 11.4. The number of rotatable bonds is 6. The zero-order valence-corrected chi connectivity index (χ0v) is 11.4. The number of esters is 2. The molecule has 0 amide bonds. The minimum absolute atomic E-state index is 0.141. The van der Waals surface area contributed by atoms with E-state index in [2.05, 4.69) is 0 Å². The molecule has 2 unspecified atom stereocenters. The van der Waals surface area contributed by atoms with Crippen molar-refractivity contribution in [3.63, 3.8) is 0 Å². The van der Waals surface area contributed by atoms with Gasteiger partial charge >= 0.3 is 11.9 Å². The van der Waals surface area contributed by atoms with E-state index in [1.165, 1.54) is 0 Å². The van der Waals surface area contributed by atoms with Crippen LogP contribution < -0.4 is 0 Å². The summed E-state index contributed by atoms with van der Waals surface area (Å²) in [6.07, 6.45) is 5.20. The van der Waals surface area contributed by atoms with Crippen LogP contribution in [0.5, 0.6) is 0 Å². The maximum absolute atomic E-state index is 11.5. The van der Waals surface area contributed by atoms with Gasteiger partial charge in [0, 0.05) is 12.8 Å². The lowest BCUT2D eigenvalue weighted by atomic mass is 9.76. The van der Waals surface area contributed by atoms with Gasteiger partial charge in [-0.05, 0) is 38.5 Å². The highest BCUT2D eigenvalue weighted by atomic mass is 16.5. The predicted octanol–water partition coefficient (Wildman–Crippen LogP) is 2.70. The van der Waals surface area contributed by atoms with Crippen molar-refractivity contribution in [2.45, 2.75) is 52.4 Å². The Kier molecular flexibility index (Phi) is 6.76. The van der Waals surface area contributed by atoms with E-state index in [1.807, 2.05) is 13.8 Å². The zero-order chi connectivity index (χ0) is 13.4. The molecular weight excluding hydrogens is 232 g/mol. The number of carbonyl (C=O) groups excluding carboxylic acids is 2.